The number of anilines is 1. The van der Waals surface area contributed by atoms with Gasteiger partial charge in [0.2, 0.25) is 5.91 Å². The monoisotopic (exact) mass is 339 g/mol. The zero-order chi connectivity index (χ0) is 17.8. The van der Waals surface area contributed by atoms with E-state index in [4.69, 9.17) is 0 Å². The highest BCUT2D eigenvalue weighted by Crippen LogP contribution is 2.26. The highest BCUT2D eigenvalue weighted by atomic mass is 16.6. The zero-order valence-corrected chi connectivity index (χ0v) is 14.2. The Bertz CT molecular complexity index is 804. The molecule has 3 rings (SSSR count). The number of likely N-dealkylation sites (tertiary alicyclic amines) is 1. The molecular formula is C19H21N3O3. The third-order valence-electron chi connectivity index (χ3n) is 4.47. The fourth-order valence-electron chi connectivity index (χ4n) is 3.09. The molecule has 6 heteroatoms. The Balaban J connectivity index is 1.76. The second kappa shape index (κ2) is 7.34. The van der Waals surface area contributed by atoms with E-state index in [0.717, 1.165) is 29.7 Å². The van der Waals surface area contributed by atoms with Crippen molar-refractivity contribution in [2.75, 3.05) is 11.9 Å². The van der Waals surface area contributed by atoms with E-state index < -0.39 is 0 Å². The number of nitrogens with one attached hydrogen (secondary N) is 1. The molecule has 6 nitrogen and oxygen atoms in total. The average molecular weight is 339 g/mol. The lowest BCUT2D eigenvalue weighted by Crippen LogP contribution is -2.24. The van der Waals surface area contributed by atoms with Gasteiger partial charge in [-0.25, -0.2) is 0 Å². The number of hydrogen-bond donors (Lipinski definition) is 1. The Kier molecular flexibility index (Phi) is 4.97. The summed E-state index contributed by atoms with van der Waals surface area (Å²) in [5, 5.41) is 14.4. The van der Waals surface area contributed by atoms with E-state index in [-0.39, 0.29) is 16.5 Å². The van der Waals surface area contributed by atoms with Crippen LogP contribution in [0.15, 0.2) is 42.5 Å². The van der Waals surface area contributed by atoms with Crippen molar-refractivity contribution >= 4 is 17.3 Å². The minimum atomic E-state index is -0.371. The molecule has 0 saturated carbocycles. The summed E-state index contributed by atoms with van der Waals surface area (Å²) in [6, 6.07) is 13.0. The van der Waals surface area contributed by atoms with E-state index in [1.807, 2.05) is 42.2 Å². The Morgan fingerprint density at radius 3 is 2.64 bits per heavy atom. The van der Waals surface area contributed by atoms with Gasteiger partial charge in [0.05, 0.1) is 4.92 Å². The van der Waals surface area contributed by atoms with Gasteiger partial charge in [-0.3, -0.25) is 14.9 Å². The summed E-state index contributed by atoms with van der Waals surface area (Å²) in [6.07, 6.45) is 1.53. The van der Waals surface area contributed by atoms with E-state index in [0.29, 0.717) is 25.2 Å². The number of aryl methyl sites for hydroxylation is 1. The van der Waals surface area contributed by atoms with Gasteiger partial charge >= 0.3 is 0 Å². The first-order valence-electron chi connectivity index (χ1n) is 8.38. The van der Waals surface area contributed by atoms with Crippen LogP contribution < -0.4 is 5.32 Å². The number of nitro groups is 1. The van der Waals surface area contributed by atoms with Crippen LogP contribution in [0.5, 0.6) is 0 Å². The third-order valence-corrected chi connectivity index (χ3v) is 4.47. The van der Waals surface area contributed by atoms with Crippen molar-refractivity contribution in [1.82, 2.24) is 4.90 Å². The number of benzene rings is 2. The minimum absolute atomic E-state index is 0.0761. The van der Waals surface area contributed by atoms with Crippen molar-refractivity contribution in [2.24, 2.45) is 0 Å². The lowest BCUT2D eigenvalue weighted by molar-refractivity contribution is -0.384. The van der Waals surface area contributed by atoms with E-state index in [9.17, 15) is 14.9 Å². The normalized spacial score (nSPS) is 14.0. The molecule has 25 heavy (non-hydrogen) atoms. The SMILES string of the molecule is Cc1ccc(NCc2ccccc2CN2CCCC2=O)c([N+](=O)[O-])c1. The van der Waals surface area contributed by atoms with Crippen LogP contribution in [0.25, 0.3) is 0 Å². The minimum Gasteiger partial charge on any atom is -0.375 e. The number of carbonyl (C=O) groups excluding carboxylic acids is 1. The molecule has 2 aromatic rings. The molecule has 0 bridgehead atoms. The second-order valence-corrected chi connectivity index (χ2v) is 6.32. The molecule has 2 aromatic carbocycles. The lowest BCUT2D eigenvalue weighted by atomic mass is 10.1. The summed E-state index contributed by atoms with van der Waals surface area (Å²) in [6.45, 7) is 3.69. The topological polar surface area (TPSA) is 75.5 Å². The Hall–Kier alpha value is -2.89. The van der Waals surface area contributed by atoms with Crippen LogP contribution in [0.2, 0.25) is 0 Å². The van der Waals surface area contributed by atoms with Crippen LogP contribution in [-0.4, -0.2) is 22.3 Å². The van der Waals surface area contributed by atoms with Crippen molar-refractivity contribution < 1.29 is 9.72 Å². The fourth-order valence-corrected chi connectivity index (χ4v) is 3.09. The number of rotatable bonds is 6. The van der Waals surface area contributed by atoms with Gasteiger partial charge in [0.1, 0.15) is 5.69 Å². The molecule has 1 N–H and O–H groups in total. The molecule has 1 aliphatic rings. The summed E-state index contributed by atoms with van der Waals surface area (Å²) in [4.78, 5) is 24.6. The van der Waals surface area contributed by atoms with E-state index in [2.05, 4.69) is 5.32 Å². The molecule has 1 aliphatic heterocycles. The lowest BCUT2D eigenvalue weighted by Gasteiger charge is -2.18. The molecule has 1 heterocycles. The van der Waals surface area contributed by atoms with Crippen LogP contribution in [0, 0.1) is 17.0 Å². The number of amides is 1. The summed E-state index contributed by atoms with van der Waals surface area (Å²) < 4.78 is 0. The first-order chi connectivity index (χ1) is 12.0. The first-order valence-corrected chi connectivity index (χ1v) is 8.38. The van der Waals surface area contributed by atoms with E-state index in [1.54, 1.807) is 12.1 Å². The molecule has 0 aromatic heterocycles. The highest BCUT2D eigenvalue weighted by molar-refractivity contribution is 5.78. The Morgan fingerprint density at radius 2 is 1.96 bits per heavy atom. The summed E-state index contributed by atoms with van der Waals surface area (Å²) >= 11 is 0. The molecule has 1 saturated heterocycles. The van der Waals surface area contributed by atoms with Crippen molar-refractivity contribution in [2.45, 2.75) is 32.9 Å². The van der Waals surface area contributed by atoms with Crippen molar-refractivity contribution in [3.8, 4) is 0 Å². The number of hydrogen-bond acceptors (Lipinski definition) is 4. The first kappa shape index (κ1) is 17.0. The molecular weight excluding hydrogens is 318 g/mol. The fraction of sp³-hybridized carbons (Fsp3) is 0.316. The maximum absolute atomic E-state index is 11.9. The van der Waals surface area contributed by atoms with Crippen molar-refractivity contribution in [3.63, 3.8) is 0 Å². The Labute approximate surface area is 146 Å². The molecule has 130 valence electrons. The summed E-state index contributed by atoms with van der Waals surface area (Å²) in [5.74, 6) is 0.192. The van der Waals surface area contributed by atoms with Gasteiger partial charge in [-0.2, -0.15) is 0 Å². The van der Waals surface area contributed by atoms with Crippen LogP contribution in [0.1, 0.15) is 29.5 Å². The van der Waals surface area contributed by atoms with E-state index in [1.165, 1.54) is 0 Å². The largest absolute Gasteiger partial charge is 0.375 e. The zero-order valence-electron chi connectivity index (χ0n) is 14.2. The Morgan fingerprint density at radius 1 is 1.20 bits per heavy atom. The van der Waals surface area contributed by atoms with Crippen LogP contribution in [0.4, 0.5) is 11.4 Å². The number of nitrogens with zero attached hydrogens (tertiary/aromatic N) is 2. The van der Waals surface area contributed by atoms with Gasteiger partial charge in [-0.15, -0.1) is 0 Å². The maximum Gasteiger partial charge on any atom is 0.292 e. The molecule has 1 amide bonds. The molecule has 0 atom stereocenters. The number of nitro benzene ring substituents is 1. The standard InChI is InChI=1S/C19H21N3O3/c1-14-8-9-17(18(11-14)22(24)25)20-12-15-5-2-3-6-16(15)13-21-10-4-7-19(21)23/h2-3,5-6,8-9,11,20H,4,7,10,12-13H2,1H3. The summed E-state index contributed by atoms with van der Waals surface area (Å²) in [5.41, 5.74) is 3.54. The third kappa shape index (κ3) is 3.96. The molecule has 0 aliphatic carbocycles. The predicted octanol–water partition coefficient (Wildman–Crippen LogP) is 3.64. The van der Waals surface area contributed by atoms with Crippen LogP contribution >= 0.6 is 0 Å². The molecule has 1 fully saturated rings. The van der Waals surface area contributed by atoms with Crippen molar-refractivity contribution in [1.29, 1.82) is 0 Å². The molecule has 0 unspecified atom stereocenters. The quantitative estimate of drug-likeness (QED) is 0.644. The van der Waals surface area contributed by atoms with Gasteiger partial charge in [-0.05, 0) is 36.1 Å². The van der Waals surface area contributed by atoms with Crippen molar-refractivity contribution in [3.05, 3.63) is 69.3 Å². The number of carbonyl (C=O) groups is 1. The smallest absolute Gasteiger partial charge is 0.292 e. The van der Waals surface area contributed by atoms with E-state index >= 15 is 0 Å². The molecule has 0 radical (unpaired) electrons. The van der Waals surface area contributed by atoms with Gasteiger partial charge in [0.25, 0.3) is 5.69 Å². The van der Waals surface area contributed by atoms with Crippen LogP contribution in [-0.2, 0) is 17.9 Å². The van der Waals surface area contributed by atoms with Gasteiger partial charge < -0.3 is 10.2 Å². The average Bonchev–Trinajstić information content (AvgIpc) is 2.99. The predicted molar refractivity (Wildman–Crippen MR) is 96.3 cm³/mol. The van der Waals surface area contributed by atoms with Crippen LogP contribution in [0.3, 0.4) is 0 Å². The summed E-state index contributed by atoms with van der Waals surface area (Å²) in [7, 11) is 0. The maximum atomic E-state index is 11.9. The van der Waals surface area contributed by atoms with Gasteiger partial charge in [-0.1, -0.05) is 30.3 Å². The second-order valence-electron chi connectivity index (χ2n) is 6.32. The molecule has 0 spiro atoms. The highest BCUT2D eigenvalue weighted by Gasteiger charge is 2.21. The van der Waals surface area contributed by atoms with Gasteiger partial charge in [0.15, 0.2) is 0 Å². The van der Waals surface area contributed by atoms with Gasteiger partial charge in [0, 0.05) is 32.1 Å².